The van der Waals surface area contributed by atoms with Gasteiger partial charge in [0.1, 0.15) is 5.41 Å². The summed E-state index contributed by atoms with van der Waals surface area (Å²) in [5.41, 5.74) is 0.328. The van der Waals surface area contributed by atoms with Crippen LogP contribution in [0.15, 0.2) is 24.3 Å². The quantitative estimate of drug-likeness (QED) is 0.795. The number of benzene rings is 1. The van der Waals surface area contributed by atoms with Crippen molar-refractivity contribution in [1.29, 1.82) is 5.26 Å². The van der Waals surface area contributed by atoms with Crippen LogP contribution in [-0.4, -0.2) is 30.8 Å². The molecule has 1 aliphatic heterocycles. The molecule has 1 fully saturated rings. The van der Waals surface area contributed by atoms with Crippen LogP contribution in [0.25, 0.3) is 0 Å². The number of amides is 1. The molecule has 1 heterocycles. The minimum Gasteiger partial charge on any atom is -0.395 e. The number of nitrogens with one attached hydrogen (secondary N) is 1. The highest BCUT2D eigenvalue weighted by atomic mass is 16.5. The van der Waals surface area contributed by atoms with Crippen LogP contribution in [0.5, 0.6) is 0 Å². The van der Waals surface area contributed by atoms with Crippen LogP contribution in [0.4, 0.5) is 5.69 Å². The molecule has 1 aromatic rings. The zero-order valence-electron chi connectivity index (χ0n) is 9.14. The molecule has 0 bridgehead atoms. The molecule has 1 amide bonds. The van der Waals surface area contributed by atoms with Crippen LogP contribution in [-0.2, 0) is 9.53 Å². The molecule has 0 radical (unpaired) electrons. The Hall–Kier alpha value is -1.90. The van der Waals surface area contributed by atoms with Gasteiger partial charge in [-0.15, -0.1) is 0 Å². The van der Waals surface area contributed by atoms with E-state index >= 15 is 0 Å². The van der Waals surface area contributed by atoms with E-state index in [0.717, 1.165) is 0 Å². The van der Waals surface area contributed by atoms with Crippen LogP contribution in [0.2, 0.25) is 0 Å². The monoisotopic (exact) mass is 232 g/mol. The minimum absolute atomic E-state index is 0.227. The van der Waals surface area contributed by atoms with Crippen molar-refractivity contribution in [1.82, 2.24) is 0 Å². The van der Waals surface area contributed by atoms with Gasteiger partial charge >= 0.3 is 0 Å². The van der Waals surface area contributed by atoms with Gasteiger partial charge in [-0.25, -0.2) is 0 Å². The first-order valence-corrected chi connectivity index (χ1v) is 5.20. The van der Waals surface area contributed by atoms with Crippen molar-refractivity contribution in [2.45, 2.75) is 0 Å². The molecule has 0 aliphatic carbocycles. The predicted molar refractivity (Wildman–Crippen MR) is 60.1 cm³/mol. The van der Waals surface area contributed by atoms with Gasteiger partial charge < -0.3 is 15.2 Å². The van der Waals surface area contributed by atoms with Gasteiger partial charge in [0.15, 0.2) is 0 Å². The standard InChI is InChI=1S/C12H12N2O3/c13-5-9-1-3-10(4-2-9)14-11(16)12(6-15)7-17-8-12/h1-4,15H,6-8H2,(H,14,16). The number of aliphatic hydroxyl groups excluding tert-OH is 1. The first kappa shape index (κ1) is 11.6. The molecule has 0 atom stereocenters. The van der Waals surface area contributed by atoms with Crippen molar-refractivity contribution < 1.29 is 14.6 Å². The molecular formula is C12H12N2O3. The fraction of sp³-hybridized carbons (Fsp3) is 0.333. The summed E-state index contributed by atoms with van der Waals surface area (Å²) in [5, 5.41) is 20.5. The highest BCUT2D eigenvalue weighted by Gasteiger charge is 2.45. The number of hydrogen-bond donors (Lipinski definition) is 2. The number of hydrogen-bond acceptors (Lipinski definition) is 4. The smallest absolute Gasteiger partial charge is 0.237 e. The maximum Gasteiger partial charge on any atom is 0.237 e. The van der Waals surface area contributed by atoms with E-state index in [1.807, 2.05) is 6.07 Å². The summed E-state index contributed by atoms with van der Waals surface area (Å²) in [6.07, 6.45) is 0. The Morgan fingerprint density at radius 3 is 2.53 bits per heavy atom. The van der Waals surface area contributed by atoms with Crippen molar-refractivity contribution in [3.63, 3.8) is 0 Å². The van der Waals surface area contributed by atoms with Crippen LogP contribution < -0.4 is 5.32 Å². The molecule has 0 aromatic heterocycles. The van der Waals surface area contributed by atoms with E-state index < -0.39 is 5.41 Å². The van der Waals surface area contributed by atoms with E-state index in [4.69, 9.17) is 10.00 Å². The summed E-state index contributed by atoms with van der Waals surface area (Å²) < 4.78 is 4.96. The summed E-state index contributed by atoms with van der Waals surface area (Å²) in [7, 11) is 0. The normalized spacial score (nSPS) is 16.7. The van der Waals surface area contributed by atoms with Crippen LogP contribution in [0, 0.1) is 16.7 Å². The molecule has 0 unspecified atom stereocenters. The highest BCUT2D eigenvalue weighted by Crippen LogP contribution is 2.28. The van der Waals surface area contributed by atoms with E-state index in [2.05, 4.69) is 5.32 Å². The molecule has 5 heteroatoms. The molecule has 5 nitrogen and oxygen atoms in total. The van der Waals surface area contributed by atoms with Crippen molar-refractivity contribution in [3.8, 4) is 6.07 Å². The third-order valence-electron chi connectivity index (χ3n) is 2.81. The number of anilines is 1. The molecular weight excluding hydrogens is 220 g/mol. The maximum absolute atomic E-state index is 11.9. The topological polar surface area (TPSA) is 82.4 Å². The number of ether oxygens (including phenoxy) is 1. The van der Waals surface area contributed by atoms with Gasteiger partial charge in [-0.1, -0.05) is 0 Å². The fourth-order valence-corrected chi connectivity index (χ4v) is 1.53. The molecule has 2 N–H and O–H groups in total. The SMILES string of the molecule is N#Cc1ccc(NC(=O)C2(CO)COC2)cc1. The van der Waals surface area contributed by atoms with Gasteiger partial charge in [0.05, 0.1) is 31.5 Å². The average Bonchev–Trinajstić information content (AvgIpc) is 2.29. The van der Waals surface area contributed by atoms with E-state index in [-0.39, 0.29) is 25.7 Å². The average molecular weight is 232 g/mol. The molecule has 1 aliphatic rings. The van der Waals surface area contributed by atoms with E-state index in [1.54, 1.807) is 24.3 Å². The van der Waals surface area contributed by atoms with Crippen molar-refractivity contribution in [3.05, 3.63) is 29.8 Å². The Morgan fingerprint density at radius 1 is 1.47 bits per heavy atom. The maximum atomic E-state index is 11.9. The van der Waals surface area contributed by atoms with Crippen LogP contribution >= 0.6 is 0 Å². The first-order chi connectivity index (χ1) is 8.20. The molecule has 1 saturated heterocycles. The molecule has 0 spiro atoms. The summed E-state index contributed by atoms with van der Waals surface area (Å²) in [5.74, 6) is -0.254. The largest absolute Gasteiger partial charge is 0.395 e. The van der Waals surface area contributed by atoms with E-state index in [1.165, 1.54) is 0 Å². The van der Waals surface area contributed by atoms with Crippen molar-refractivity contribution >= 4 is 11.6 Å². The van der Waals surface area contributed by atoms with Gasteiger partial charge in [-0.2, -0.15) is 5.26 Å². The van der Waals surface area contributed by atoms with E-state index in [0.29, 0.717) is 11.3 Å². The zero-order chi connectivity index (χ0) is 12.3. The second-order valence-corrected chi connectivity index (χ2v) is 4.07. The lowest BCUT2D eigenvalue weighted by Gasteiger charge is -2.37. The zero-order valence-corrected chi connectivity index (χ0v) is 9.14. The molecule has 17 heavy (non-hydrogen) atoms. The minimum atomic E-state index is -0.812. The number of nitriles is 1. The third kappa shape index (κ3) is 2.13. The highest BCUT2D eigenvalue weighted by molar-refractivity contribution is 5.96. The molecule has 1 aromatic carbocycles. The van der Waals surface area contributed by atoms with Crippen LogP contribution in [0.3, 0.4) is 0 Å². The first-order valence-electron chi connectivity index (χ1n) is 5.20. The predicted octanol–water partition coefficient (Wildman–Crippen LogP) is 0.506. The number of nitrogens with zero attached hydrogens (tertiary/aromatic N) is 1. The number of rotatable bonds is 3. The summed E-state index contributed by atoms with van der Waals surface area (Å²) in [4.78, 5) is 11.9. The van der Waals surface area contributed by atoms with Crippen molar-refractivity contribution in [2.75, 3.05) is 25.1 Å². The number of aliphatic hydroxyl groups is 1. The molecule has 88 valence electrons. The Labute approximate surface area is 98.6 Å². The second-order valence-electron chi connectivity index (χ2n) is 4.07. The van der Waals surface area contributed by atoms with Gasteiger partial charge in [0.25, 0.3) is 0 Å². The Morgan fingerprint density at radius 2 is 2.12 bits per heavy atom. The molecule has 2 rings (SSSR count). The van der Waals surface area contributed by atoms with Gasteiger partial charge in [0.2, 0.25) is 5.91 Å². The summed E-state index contributed by atoms with van der Waals surface area (Å²) >= 11 is 0. The van der Waals surface area contributed by atoms with Gasteiger partial charge in [-0.3, -0.25) is 4.79 Å². The lowest BCUT2D eigenvalue weighted by molar-refractivity contribution is -0.164. The number of carbonyl (C=O) groups excluding carboxylic acids is 1. The van der Waals surface area contributed by atoms with Gasteiger partial charge in [-0.05, 0) is 24.3 Å². The lowest BCUT2D eigenvalue weighted by atomic mass is 9.86. The summed E-state index contributed by atoms with van der Waals surface area (Å²) in [6.45, 7) is 0.256. The fourth-order valence-electron chi connectivity index (χ4n) is 1.53. The Kier molecular flexibility index (Phi) is 3.09. The summed E-state index contributed by atoms with van der Waals surface area (Å²) in [6, 6.07) is 8.55. The molecule has 0 saturated carbocycles. The van der Waals surface area contributed by atoms with Crippen LogP contribution in [0.1, 0.15) is 5.56 Å². The Bertz CT molecular complexity index is 452. The number of carbonyl (C=O) groups is 1. The Balaban J connectivity index is 2.05. The third-order valence-corrected chi connectivity index (χ3v) is 2.81. The lowest BCUT2D eigenvalue weighted by Crippen LogP contribution is -2.54. The van der Waals surface area contributed by atoms with E-state index in [9.17, 15) is 9.90 Å². The van der Waals surface area contributed by atoms with Crippen molar-refractivity contribution in [2.24, 2.45) is 5.41 Å². The van der Waals surface area contributed by atoms with Gasteiger partial charge in [0, 0.05) is 5.69 Å². The second kappa shape index (κ2) is 4.53.